The average molecular weight is 515 g/mol. The second-order valence-electron chi connectivity index (χ2n) is 8.14. The first-order valence-corrected chi connectivity index (χ1v) is 12.3. The highest BCUT2D eigenvalue weighted by molar-refractivity contribution is 7.14. The molecule has 2 aromatic carbocycles. The minimum Gasteiger partial charge on any atom is -0.493 e. The number of ether oxygens (including phenoxy) is 3. The molecule has 0 amide bonds. The summed E-state index contributed by atoms with van der Waals surface area (Å²) in [6, 6.07) is 17.2. The van der Waals surface area contributed by atoms with E-state index >= 15 is 0 Å². The smallest absolute Gasteiger partial charge is 0.348 e. The maximum Gasteiger partial charge on any atom is 0.348 e. The normalized spacial score (nSPS) is 10.8. The van der Waals surface area contributed by atoms with E-state index in [-0.39, 0.29) is 29.0 Å². The lowest BCUT2D eigenvalue weighted by atomic mass is 10.0. The molecule has 7 nitrogen and oxygen atoms in total. The Balaban J connectivity index is 1.80. The van der Waals surface area contributed by atoms with Gasteiger partial charge in [0.25, 0.3) is 0 Å². The van der Waals surface area contributed by atoms with Gasteiger partial charge < -0.3 is 14.2 Å². The lowest BCUT2D eigenvalue weighted by Crippen LogP contribution is -2.05. The number of benzene rings is 2. The molecule has 0 spiro atoms. The highest BCUT2D eigenvalue weighted by Gasteiger charge is 2.23. The fourth-order valence-electron chi connectivity index (χ4n) is 3.56. The van der Waals surface area contributed by atoms with Gasteiger partial charge in [-0.15, -0.1) is 11.3 Å². The summed E-state index contributed by atoms with van der Waals surface area (Å²) in [5, 5.41) is 19.2. The number of carbonyl (C=O) groups excluding carboxylic acids is 2. The zero-order valence-corrected chi connectivity index (χ0v) is 21.9. The number of hydrogen-bond acceptors (Lipinski definition) is 8. The molecule has 0 unspecified atom stereocenters. The third kappa shape index (κ3) is 6.63. The van der Waals surface area contributed by atoms with Gasteiger partial charge in [-0.3, -0.25) is 4.79 Å². The van der Waals surface area contributed by atoms with Crippen LogP contribution in [0, 0.1) is 36.5 Å². The van der Waals surface area contributed by atoms with Gasteiger partial charge in [-0.05, 0) is 55.7 Å². The van der Waals surface area contributed by atoms with Crippen LogP contribution in [0.5, 0.6) is 11.5 Å². The quantitative estimate of drug-likeness (QED) is 0.193. The van der Waals surface area contributed by atoms with Crippen LogP contribution in [-0.2, 0) is 22.6 Å². The van der Waals surface area contributed by atoms with Crippen LogP contribution in [0.25, 0.3) is 6.08 Å². The van der Waals surface area contributed by atoms with Crippen LogP contribution in [0.4, 0.5) is 0 Å². The number of hydrogen-bond donors (Lipinski definition) is 0. The molecule has 188 valence electrons. The molecule has 0 aliphatic rings. The molecule has 1 heterocycles. The molecule has 0 fully saturated rings. The first-order chi connectivity index (χ1) is 17.8. The van der Waals surface area contributed by atoms with E-state index in [0.717, 1.165) is 22.5 Å². The standard InChI is InChI=1S/C29H26N2O5S/c1-5-35-29(33)28-19(3)23(16-31)27(37-28)14-24(32)22(15-30)12-21-10-11-25(26(13-21)34-4)36-17-20-8-6-18(2)7-9-20/h6-13H,5,14,17H2,1-4H3/b22-12+. The van der Waals surface area contributed by atoms with E-state index in [0.29, 0.717) is 34.1 Å². The minimum absolute atomic E-state index is 0.0806. The summed E-state index contributed by atoms with van der Waals surface area (Å²) in [6.45, 7) is 5.92. The molecule has 37 heavy (non-hydrogen) atoms. The van der Waals surface area contributed by atoms with Gasteiger partial charge in [-0.2, -0.15) is 10.5 Å². The Kier molecular flexibility index (Phi) is 9.21. The molecule has 0 radical (unpaired) electrons. The number of nitriles is 2. The lowest BCUT2D eigenvalue weighted by molar-refractivity contribution is -0.114. The van der Waals surface area contributed by atoms with Crippen LogP contribution >= 0.6 is 11.3 Å². The molecule has 0 atom stereocenters. The first kappa shape index (κ1) is 27.2. The number of ketones is 1. The number of aryl methyl sites for hydroxylation is 1. The minimum atomic E-state index is -0.534. The number of methoxy groups -OCH3 is 1. The SMILES string of the molecule is CCOC(=O)c1sc(CC(=O)/C(C#N)=C/c2ccc(OCc3ccc(C)cc3)c(OC)c2)c(C#N)c1C. The van der Waals surface area contributed by atoms with Gasteiger partial charge in [0.2, 0.25) is 0 Å². The van der Waals surface area contributed by atoms with E-state index in [2.05, 4.69) is 6.07 Å². The van der Waals surface area contributed by atoms with Crippen molar-refractivity contribution >= 4 is 29.2 Å². The van der Waals surface area contributed by atoms with Crippen LogP contribution in [-0.4, -0.2) is 25.5 Å². The van der Waals surface area contributed by atoms with E-state index in [9.17, 15) is 20.1 Å². The lowest BCUT2D eigenvalue weighted by Gasteiger charge is -2.12. The first-order valence-electron chi connectivity index (χ1n) is 11.5. The molecule has 8 heteroatoms. The van der Waals surface area contributed by atoms with E-state index in [1.165, 1.54) is 13.2 Å². The Hall–Kier alpha value is -4.40. The Morgan fingerprint density at radius 1 is 1.05 bits per heavy atom. The number of Topliss-reactive ketones (excluding diaryl/α,β-unsaturated/α-hetero) is 1. The molecule has 0 aliphatic carbocycles. The Labute approximate surface area is 220 Å². The molecular weight excluding hydrogens is 488 g/mol. The molecule has 1 aromatic heterocycles. The van der Waals surface area contributed by atoms with Crippen molar-refractivity contribution in [3.63, 3.8) is 0 Å². The molecule has 3 rings (SSSR count). The van der Waals surface area contributed by atoms with Crippen molar-refractivity contribution in [3.05, 3.63) is 85.6 Å². The van der Waals surface area contributed by atoms with Crippen molar-refractivity contribution < 1.29 is 23.8 Å². The van der Waals surface area contributed by atoms with Gasteiger partial charge in [0, 0.05) is 11.3 Å². The van der Waals surface area contributed by atoms with Crippen molar-refractivity contribution in [2.75, 3.05) is 13.7 Å². The Bertz CT molecular complexity index is 1420. The highest BCUT2D eigenvalue weighted by atomic mass is 32.1. The summed E-state index contributed by atoms with van der Waals surface area (Å²) in [6.07, 6.45) is 1.29. The van der Waals surface area contributed by atoms with Crippen molar-refractivity contribution in [2.24, 2.45) is 0 Å². The van der Waals surface area contributed by atoms with Gasteiger partial charge in [0.05, 0.1) is 24.9 Å². The number of carbonyl (C=O) groups is 2. The summed E-state index contributed by atoms with van der Waals surface area (Å²) in [5.41, 5.74) is 3.42. The van der Waals surface area contributed by atoms with E-state index in [1.807, 2.05) is 37.3 Å². The molecule has 3 aromatic rings. The fourth-order valence-corrected chi connectivity index (χ4v) is 4.70. The van der Waals surface area contributed by atoms with Crippen LogP contribution in [0.3, 0.4) is 0 Å². The van der Waals surface area contributed by atoms with Crippen molar-refractivity contribution in [1.82, 2.24) is 0 Å². The number of thiophene rings is 1. The summed E-state index contributed by atoms with van der Waals surface area (Å²) < 4.78 is 16.4. The summed E-state index contributed by atoms with van der Waals surface area (Å²) in [4.78, 5) is 25.9. The molecular formula is C29H26N2O5S. The maximum atomic E-state index is 13.0. The van der Waals surface area contributed by atoms with Crippen LogP contribution in [0.1, 0.15) is 49.3 Å². The van der Waals surface area contributed by atoms with Gasteiger partial charge in [0.15, 0.2) is 17.3 Å². The zero-order valence-electron chi connectivity index (χ0n) is 21.1. The van der Waals surface area contributed by atoms with Crippen LogP contribution in [0.15, 0.2) is 48.0 Å². The molecule has 0 aliphatic heterocycles. The van der Waals surface area contributed by atoms with E-state index in [4.69, 9.17) is 14.2 Å². The monoisotopic (exact) mass is 514 g/mol. The van der Waals surface area contributed by atoms with Crippen LogP contribution < -0.4 is 9.47 Å². The summed E-state index contributed by atoms with van der Waals surface area (Å²) in [7, 11) is 1.52. The Morgan fingerprint density at radius 2 is 1.78 bits per heavy atom. The molecule has 0 saturated heterocycles. The van der Waals surface area contributed by atoms with Gasteiger partial charge in [-0.25, -0.2) is 4.79 Å². The zero-order chi connectivity index (χ0) is 26.9. The summed E-state index contributed by atoms with van der Waals surface area (Å²) in [5.74, 6) is -0.00282. The third-order valence-electron chi connectivity index (χ3n) is 5.55. The molecule has 0 saturated carbocycles. The number of esters is 1. The number of rotatable bonds is 10. The predicted octanol–water partition coefficient (Wildman–Crippen LogP) is 5.72. The second-order valence-corrected chi connectivity index (χ2v) is 9.25. The maximum absolute atomic E-state index is 13.0. The predicted molar refractivity (Wildman–Crippen MR) is 141 cm³/mol. The average Bonchev–Trinajstić information content (AvgIpc) is 3.21. The topological polar surface area (TPSA) is 109 Å². The second kappa shape index (κ2) is 12.5. The highest BCUT2D eigenvalue weighted by Crippen LogP contribution is 2.31. The van der Waals surface area contributed by atoms with Gasteiger partial charge in [-0.1, -0.05) is 35.9 Å². The van der Waals surface area contributed by atoms with E-state index in [1.54, 1.807) is 32.0 Å². The summed E-state index contributed by atoms with van der Waals surface area (Å²) >= 11 is 1.04. The van der Waals surface area contributed by atoms with Crippen molar-refractivity contribution in [2.45, 2.75) is 33.8 Å². The van der Waals surface area contributed by atoms with E-state index < -0.39 is 11.8 Å². The van der Waals surface area contributed by atoms with Gasteiger partial charge >= 0.3 is 5.97 Å². The van der Waals surface area contributed by atoms with Crippen molar-refractivity contribution in [1.29, 1.82) is 10.5 Å². The number of allylic oxidation sites excluding steroid dienone is 1. The molecule has 0 N–H and O–H groups in total. The largest absolute Gasteiger partial charge is 0.493 e. The Morgan fingerprint density at radius 3 is 2.41 bits per heavy atom. The third-order valence-corrected chi connectivity index (χ3v) is 6.82. The van der Waals surface area contributed by atoms with Gasteiger partial charge in [0.1, 0.15) is 23.6 Å². The molecule has 0 bridgehead atoms. The van der Waals surface area contributed by atoms with Crippen molar-refractivity contribution in [3.8, 4) is 23.6 Å². The van der Waals surface area contributed by atoms with Crippen LogP contribution in [0.2, 0.25) is 0 Å². The fraction of sp³-hybridized carbons (Fsp3) is 0.241. The number of nitrogens with zero attached hydrogens (tertiary/aromatic N) is 2.